The molecule has 1 atom stereocenters. The van der Waals surface area contributed by atoms with E-state index < -0.39 is 0 Å². The fraction of sp³-hybridized carbons (Fsp3) is 0.538. The first-order valence-corrected chi connectivity index (χ1v) is 7.72. The first kappa shape index (κ1) is 14.5. The van der Waals surface area contributed by atoms with Crippen LogP contribution in [0, 0.1) is 0 Å². The van der Waals surface area contributed by atoms with Gasteiger partial charge in [-0.05, 0) is 43.4 Å². The van der Waals surface area contributed by atoms with Crippen molar-refractivity contribution < 1.29 is 0 Å². The Balaban J connectivity index is 2.00. The summed E-state index contributed by atoms with van der Waals surface area (Å²) >= 11 is 7.51. The largest absolute Gasteiger partial charge is 0.368 e. The molecule has 4 nitrogen and oxygen atoms in total. The van der Waals surface area contributed by atoms with E-state index in [0.717, 1.165) is 35.5 Å². The summed E-state index contributed by atoms with van der Waals surface area (Å²) in [5.41, 5.74) is 0. The average molecular weight is 299 g/mol. The van der Waals surface area contributed by atoms with E-state index in [1.165, 1.54) is 0 Å². The molecule has 2 heterocycles. The minimum atomic E-state index is 0.299. The molecule has 1 N–H and O–H groups in total. The second-order valence-electron chi connectivity index (χ2n) is 4.65. The van der Waals surface area contributed by atoms with Crippen LogP contribution in [-0.2, 0) is 0 Å². The highest BCUT2D eigenvalue weighted by atomic mass is 35.5. The van der Waals surface area contributed by atoms with Crippen LogP contribution in [0.15, 0.2) is 11.4 Å². The molecule has 2 aromatic rings. The Bertz CT molecular complexity index is 542. The number of rotatable bonds is 6. The number of hydrogen-bond acceptors (Lipinski definition) is 5. The molecule has 0 saturated carbocycles. The van der Waals surface area contributed by atoms with E-state index >= 15 is 0 Å². The Hall–Kier alpha value is -0.910. The molecule has 2 rings (SSSR count). The van der Waals surface area contributed by atoms with Crippen LogP contribution >= 0.6 is 22.9 Å². The van der Waals surface area contributed by atoms with Crippen molar-refractivity contribution in [3.63, 3.8) is 0 Å². The molecule has 0 fully saturated rings. The topological polar surface area (TPSA) is 41.0 Å². The number of nitrogens with zero attached hydrogens (tertiary/aromatic N) is 3. The van der Waals surface area contributed by atoms with Gasteiger partial charge in [0.05, 0.1) is 5.39 Å². The van der Waals surface area contributed by atoms with Gasteiger partial charge < -0.3 is 10.2 Å². The maximum atomic E-state index is 5.93. The molecular formula is C13H19ClN4S. The second kappa shape index (κ2) is 6.50. The monoisotopic (exact) mass is 298 g/mol. The highest BCUT2D eigenvalue weighted by Crippen LogP contribution is 2.26. The highest BCUT2D eigenvalue weighted by Gasteiger charge is 2.09. The second-order valence-corrected chi connectivity index (χ2v) is 5.88. The van der Waals surface area contributed by atoms with Crippen LogP contribution in [-0.4, -0.2) is 41.0 Å². The van der Waals surface area contributed by atoms with Crippen LogP contribution in [0.25, 0.3) is 10.2 Å². The van der Waals surface area contributed by atoms with Crippen molar-refractivity contribution in [1.29, 1.82) is 0 Å². The molecule has 0 aromatic carbocycles. The fourth-order valence-electron chi connectivity index (χ4n) is 1.85. The molecule has 0 aliphatic rings. The first-order chi connectivity index (χ1) is 9.11. The smallest absolute Gasteiger partial charge is 0.225 e. The van der Waals surface area contributed by atoms with Gasteiger partial charge in [-0.15, -0.1) is 11.3 Å². The Morgan fingerprint density at radius 1 is 1.47 bits per heavy atom. The standard InChI is InChI=1S/C13H19ClN4S/c1-4-9(2)18(3)7-6-15-11-10-5-8-19-12(10)17-13(14)16-11/h5,8-9H,4,6-7H2,1-3H3,(H,15,16,17). The van der Waals surface area contributed by atoms with Crippen molar-refractivity contribution in [3.05, 3.63) is 16.7 Å². The van der Waals surface area contributed by atoms with Crippen molar-refractivity contribution in [2.75, 3.05) is 25.5 Å². The summed E-state index contributed by atoms with van der Waals surface area (Å²) in [7, 11) is 2.14. The Morgan fingerprint density at radius 2 is 2.26 bits per heavy atom. The van der Waals surface area contributed by atoms with Crippen LogP contribution in [0.5, 0.6) is 0 Å². The van der Waals surface area contributed by atoms with Crippen molar-refractivity contribution in [2.24, 2.45) is 0 Å². The van der Waals surface area contributed by atoms with Gasteiger partial charge in [-0.25, -0.2) is 9.97 Å². The molecule has 1 unspecified atom stereocenters. The molecule has 0 amide bonds. The molecule has 0 radical (unpaired) electrons. The molecule has 19 heavy (non-hydrogen) atoms. The van der Waals surface area contributed by atoms with E-state index in [0.29, 0.717) is 11.3 Å². The Labute approximate surface area is 122 Å². The normalized spacial score (nSPS) is 13.1. The summed E-state index contributed by atoms with van der Waals surface area (Å²) in [5, 5.41) is 6.70. The summed E-state index contributed by atoms with van der Waals surface area (Å²) in [4.78, 5) is 11.7. The zero-order chi connectivity index (χ0) is 13.8. The predicted molar refractivity (Wildman–Crippen MR) is 83.3 cm³/mol. The number of hydrogen-bond donors (Lipinski definition) is 1. The van der Waals surface area contributed by atoms with Gasteiger partial charge in [-0.1, -0.05) is 6.92 Å². The number of nitrogens with one attached hydrogen (secondary N) is 1. The van der Waals surface area contributed by atoms with E-state index in [4.69, 9.17) is 11.6 Å². The lowest BCUT2D eigenvalue weighted by Gasteiger charge is -2.23. The van der Waals surface area contributed by atoms with Crippen molar-refractivity contribution >= 4 is 39.0 Å². The lowest BCUT2D eigenvalue weighted by atomic mass is 10.2. The minimum absolute atomic E-state index is 0.299. The molecule has 2 aromatic heterocycles. The van der Waals surface area contributed by atoms with Crippen LogP contribution in [0.2, 0.25) is 5.28 Å². The molecule has 104 valence electrons. The number of fused-ring (bicyclic) bond motifs is 1. The van der Waals surface area contributed by atoms with E-state index in [-0.39, 0.29) is 0 Å². The summed E-state index contributed by atoms with van der Waals surface area (Å²) in [5.74, 6) is 0.828. The van der Waals surface area contributed by atoms with E-state index in [1.807, 2.05) is 11.4 Å². The fourth-order valence-corrected chi connectivity index (χ4v) is 2.83. The first-order valence-electron chi connectivity index (χ1n) is 6.46. The Kier molecular flexibility index (Phi) is 4.96. The minimum Gasteiger partial charge on any atom is -0.368 e. The van der Waals surface area contributed by atoms with E-state index in [9.17, 15) is 0 Å². The molecule has 0 aliphatic carbocycles. The number of aromatic nitrogens is 2. The van der Waals surface area contributed by atoms with E-state index in [1.54, 1.807) is 11.3 Å². The molecular weight excluding hydrogens is 280 g/mol. The van der Waals surface area contributed by atoms with Crippen LogP contribution < -0.4 is 5.32 Å². The SMILES string of the molecule is CCC(C)N(C)CCNc1nc(Cl)nc2sccc12. The highest BCUT2D eigenvalue weighted by molar-refractivity contribution is 7.16. The summed E-state index contributed by atoms with van der Waals surface area (Å²) in [6.45, 7) is 6.26. The predicted octanol–water partition coefficient (Wildman–Crippen LogP) is 3.49. The van der Waals surface area contributed by atoms with Crippen LogP contribution in [0.1, 0.15) is 20.3 Å². The van der Waals surface area contributed by atoms with Gasteiger partial charge in [0.15, 0.2) is 0 Å². The van der Waals surface area contributed by atoms with Gasteiger partial charge in [-0.3, -0.25) is 0 Å². The van der Waals surface area contributed by atoms with Crippen LogP contribution in [0.3, 0.4) is 0 Å². The maximum Gasteiger partial charge on any atom is 0.225 e. The lowest BCUT2D eigenvalue weighted by Crippen LogP contribution is -2.32. The quantitative estimate of drug-likeness (QED) is 0.829. The molecule has 0 bridgehead atoms. The van der Waals surface area contributed by atoms with Crippen molar-refractivity contribution in [3.8, 4) is 0 Å². The third-order valence-corrected chi connectivity index (χ3v) is 4.37. The zero-order valence-electron chi connectivity index (χ0n) is 11.5. The maximum absolute atomic E-state index is 5.93. The molecule has 0 aliphatic heterocycles. The van der Waals surface area contributed by atoms with Gasteiger partial charge in [0.25, 0.3) is 0 Å². The number of thiophene rings is 1. The number of likely N-dealkylation sites (N-methyl/N-ethyl adjacent to an activating group) is 1. The Morgan fingerprint density at radius 3 is 3.00 bits per heavy atom. The van der Waals surface area contributed by atoms with Gasteiger partial charge in [0.2, 0.25) is 5.28 Å². The summed E-state index contributed by atoms with van der Waals surface area (Å²) in [6, 6.07) is 2.62. The lowest BCUT2D eigenvalue weighted by molar-refractivity contribution is 0.261. The van der Waals surface area contributed by atoms with Gasteiger partial charge in [-0.2, -0.15) is 0 Å². The van der Waals surface area contributed by atoms with Gasteiger partial charge in [0, 0.05) is 19.1 Å². The summed E-state index contributed by atoms with van der Waals surface area (Å²) in [6.07, 6.45) is 1.16. The molecule has 0 spiro atoms. The van der Waals surface area contributed by atoms with Gasteiger partial charge in [0.1, 0.15) is 10.6 Å². The number of halogens is 1. The molecule has 6 heteroatoms. The van der Waals surface area contributed by atoms with Crippen molar-refractivity contribution in [2.45, 2.75) is 26.3 Å². The summed E-state index contributed by atoms with van der Waals surface area (Å²) < 4.78 is 0. The van der Waals surface area contributed by atoms with E-state index in [2.05, 4.69) is 41.1 Å². The molecule has 0 saturated heterocycles. The number of anilines is 1. The van der Waals surface area contributed by atoms with Crippen molar-refractivity contribution in [1.82, 2.24) is 14.9 Å². The third-order valence-electron chi connectivity index (χ3n) is 3.40. The zero-order valence-corrected chi connectivity index (χ0v) is 13.1. The van der Waals surface area contributed by atoms with Crippen LogP contribution in [0.4, 0.5) is 5.82 Å². The third kappa shape index (κ3) is 3.55. The van der Waals surface area contributed by atoms with Gasteiger partial charge >= 0.3 is 0 Å². The average Bonchev–Trinajstić information content (AvgIpc) is 2.85.